The van der Waals surface area contributed by atoms with Gasteiger partial charge in [0.25, 0.3) is 0 Å². The van der Waals surface area contributed by atoms with Crippen molar-refractivity contribution in [2.24, 2.45) is 0 Å². The fraction of sp³-hybridized carbons (Fsp3) is 0.333. The number of hydrogen-bond acceptors (Lipinski definition) is 5. The third-order valence-corrected chi connectivity index (χ3v) is 3.00. The van der Waals surface area contributed by atoms with Crippen LogP contribution in [0.1, 0.15) is 26.3 Å². The Bertz CT molecular complexity index is 696. The molecule has 3 N–H and O–H groups in total. The smallest absolute Gasteiger partial charge is 0.407 e. The molecule has 0 spiro atoms. The molecule has 0 aliphatic rings. The number of anilines is 1. The fourth-order valence-corrected chi connectivity index (χ4v) is 1.99. The van der Waals surface area contributed by atoms with Gasteiger partial charge in [-0.05, 0) is 57.0 Å². The van der Waals surface area contributed by atoms with E-state index in [4.69, 9.17) is 15.2 Å². The summed E-state index contributed by atoms with van der Waals surface area (Å²) in [5, 5.41) is 2.73. The van der Waals surface area contributed by atoms with Crippen LogP contribution in [0, 0.1) is 0 Å². The minimum atomic E-state index is -0.500. The van der Waals surface area contributed by atoms with Crippen molar-refractivity contribution in [3.8, 4) is 11.6 Å². The summed E-state index contributed by atoms with van der Waals surface area (Å²) in [7, 11) is 0. The zero-order valence-corrected chi connectivity index (χ0v) is 14.2. The number of nitrogen functional groups attached to an aromatic ring is 1. The number of nitrogens with one attached hydrogen (secondary N) is 1. The molecule has 0 atom stereocenters. The van der Waals surface area contributed by atoms with Crippen LogP contribution < -0.4 is 15.8 Å². The molecule has 6 heteroatoms. The molecule has 1 heterocycles. The number of benzene rings is 1. The molecule has 1 amide bonds. The normalized spacial score (nSPS) is 11.0. The predicted molar refractivity (Wildman–Crippen MR) is 93.1 cm³/mol. The first-order valence-corrected chi connectivity index (χ1v) is 7.77. The van der Waals surface area contributed by atoms with Crippen LogP contribution in [-0.4, -0.2) is 23.2 Å². The summed E-state index contributed by atoms with van der Waals surface area (Å²) in [6, 6.07) is 11.1. The zero-order valence-electron chi connectivity index (χ0n) is 14.2. The van der Waals surface area contributed by atoms with Gasteiger partial charge >= 0.3 is 6.09 Å². The van der Waals surface area contributed by atoms with Crippen molar-refractivity contribution in [2.45, 2.75) is 32.8 Å². The summed E-state index contributed by atoms with van der Waals surface area (Å²) in [6.07, 6.45) is 1.87. The molecule has 2 aromatic rings. The van der Waals surface area contributed by atoms with Crippen LogP contribution in [0.25, 0.3) is 0 Å². The monoisotopic (exact) mass is 329 g/mol. The summed E-state index contributed by atoms with van der Waals surface area (Å²) in [6.45, 7) is 5.97. The van der Waals surface area contributed by atoms with Crippen molar-refractivity contribution in [1.82, 2.24) is 10.3 Å². The van der Waals surface area contributed by atoms with E-state index in [0.29, 0.717) is 30.3 Å². The van der Waals surface area contributed by atoms with E-state index in [1.165, 1.54) is 0 Å². The third kappa shape index (κ3) is 5.79. The van der Waals surface area contributed by atoms with Gasteiger partial charge in [0.2, 0.25) is 5.88 Å². The van der Waals surface area contributed by atoms with Gasteiger partial charge in [-0.25, -0.2) is 9.78 Å². The maximum atomic E-state index is 11.6. The lowest BCUT2D eigenvalue weighted by atomic mass is 10.1. The number of alkyl carbamates (subject to hydrolysis) is 1. The number of aromatic nitrogens is 1. The van der Waals surface area contributed by atoms with Crippen molar-refractivity contribution >= 4 is 11.8 Å². The quantitative estimate of drug-likeness (QED) is 0.876. The number of nitrogens with zero attached hydrogens (tertiary/aromatic N) is 1. The number of rotatable bonds is 5. The molecule has 1 aromatic heterocycles. The molecule has 6 nitrogen and oxygen atoms in total. The standard InChI is InChI=1S/C18H23N3O3/c1-18(2,3)24-17(22)21-11-9-13-6-4-7-14(12-13)23-16-15(19)8-5-10-20-16/h4-8,10,12H,9,11,19H2,1-3H3,(H,21,22). The summed E-state index contributed by atoms with van der Waals surface area (Å²) < 4.78 is 10.9. The average molecular weight is 329 g/mol. The molecule has 24 heavy (non-hydrogen) atoms. The topological polar surface area (TPSA) is 86.5 Å². The van der Waals surface area contributed by atoms with Crippen LogP contribution in [0.4, 0.5) is 10.5 Å². The van der Waals surface area contributed by atoms with Crippen LogP contribution >= 0.6 is 0 Å². The highest BCUT2D eigenvalue weighted by atomic mass is 16.6. The second kappa shape index (κ2) is 7.68. The summed E-state index contributed by atoms with van der Waals surface area (Å²) in [4.78, 5) is 15.7. The zero-order chi connectivity index (χ0) is 17.6. The van der Waals surface area contributed by atoms with E-state index in [2.05, 4.69) is 10.3 Å². The molecule has 0 fully saturated rings. The van der Waals surface area contributed by atoms with Crippen molar-refractivity contribution in [3.63, 3.8) is 0 Å². The lowest BCUT2D eigenvalue weighted by Gasteiger charge is -2.19. The van der Waals surface area contributed by atoms with Crippen molar-refractivity contribution in [1.29, 1.82) is 0 Å². The second-order valence-electron chi connectivity index (χ2n) is 6.33. The molecule has 2 rings (SSSR count). The van der Waals surface area contributed by atoms with Crippen LogP contribution in [0.3, 0.4) is 0 Å². The molecular weight excluding hydrogens is 306 g/mol. The first-order valence-electron chi connectivity index (χ1n) is 7.77. The second-order valence-corrected chi connectivity index (χ2v) is 6.33. The van der Waals surface area contributed by atoms with E-state index in [1.807, 2.05) is 45.0 Å². The maximum Gasteiger partial charge on any atom is 0.407 e. The molecule has 0 unspecified atom stereocenters. The Balaban J connectivity index is 1.89. The molecule has 0 aliphatic heterocycles. The largest absolute Gasteiger partial charge is 0.444 e. The lowest BCUT2D eigenvalue weighted by molar-refractivity contribution is 0.0528. The Hall–Kier alpha value is -2.76. The Kier molecular flexibility index (Phi) is 5.63. The summed E-state index contributed by atoms with van der Waals surface area (Å²) in [5.41, 5.74) is 6.83. The van der Waals surface area contributed by atoms with E-state index in [-0.39, 0.29) is 0 Å². The number of carbonyl (C=O) groups excluding carboxylic acids is 1. The molecule has 0 saturated carbocycles. The number of hydrogen-bond donors (Lipinski definition) is 2. The van der Waals surface area contributed by atoms with Gasteiger partial charge in [-0.3, -0.25) is 0 Å². The molecule has 0 saturated heterocycles. The lowest BCUT2D eigenvalue weighted by Crippen LogP contribution is -2.33. The van der Waals surface area contributed by atoms with Crippen molar-refractivity contribution in [2.75, 3.05) is 12.3 Å². The first kappa shape index (κ1) is 17.6. The predicted octanol–water partition coefficient (Wildman–Crippen LogP) is 3.52. The van der Waals surface area contributed by atoms with Crippen LogP contribution in [0.2, 0.25) is 0 Å². The molecule has 0 bridgehead atoms. The van der Waals surface area contributed by atoms with Gasteiger partial charge < -0.3 is 20.5 Å². The SMILES string of the molecule is CC(C)(C)OC(=O)NCCc1cccc(Oc2ncccc2N)c1. The van der Waals surface area contributed by atoms with Gasteiger partial charge in [0.15, 0.2) is 0 Å². The van der Waals surface area contributed by atoms with Crippen molar-refractivity contribution < 1.29 is 14.3 Å². The molecule has 1 aromatic carbocycles. The molecular formula is C18H23N3O3. The van der Waals surface area contributed by atoms with Gasteiger partial charge in [-0.2, -0.15) is 0 Å². The average Bonchev–Trinajstić information content (AvgIpc) is 2.48. The highest BCUT2D eigenvalue weighted by Crippen LogP contribution is 2.25. The van der Waals surface area contributed by atoms with Gasteiger partial charge in [0.1, 0.15) is 11.4 Å². The Morgan fingerprint density at radius 2 is 2.04 bits per heavy atom. The Morgan fingerprint density at radius 1 is 1.25 bits per heavy atom. The molecule has 0 aliphatic carbocycles. The molecule has 0 radical (unpaired) electrons. The fourth-order valence-electron chi connectivity index (χ4n) is 1.99. The van der Waals surface area contributed by atoms with E-state index in [9.17, 15) is 4.79 Å². The van der Waals surface area contributed by atoms with E-state index in [0.717, 1.165) is 5.56 Å². The number of amides is 1. The number of carbonyl (C=O) groups is 1. The van der Waals surface area contributed by atoms with Gasteiger partial charge in [-0.15, -0.1) is 0 Å². The number of ether oxygens (including phenoxy) is 2. The van der Waals surface area contributed by atoms with E-state index >= 15 is 0 Å². The summed E-state index contributed by atoms with van der Waals surface area (Å²) >= 11 is 0. The van der Waals surface area contributed by atoms with Crippen LogP contribution in [-0.2, 0) is 11.2 Å². The van der Waals surface area contributed by atoms with Gasteiger partial charge in [-0.1, -0.05) is 12.1 Å². The van der Waals surface area contributed by atoms with Crippen LogP contribution in [0.15, 0.2) is 42.6 Å². The van der Waals surface area contributed by atoms with Crippen molar-refractivity contribution in [3.05, 3.63) is 48.2 Å². The highest BCUT2D eigenvalue weighted by Gasteiger charge is 2.15. The first-order chi connectivity index (χ1) is 11.3. The number of pyridine rings is 1. The minimum Gasteiger partial charge on any atom is -0.444 e. The summed E-state index contributed by atoms with van der Waals surface area (Å²) in [5.74, 6) is 1.02. The van der Waals surface area contributed by atoms with Gasteiger partial charge in [0, 0.05) is 12.7 Å². The maximum absolute atomic E-state index is 11.6. The third-order valence-electron chi connectivity index (χ3n) is 3.00. The number of nitrogens with two attached hydrogens (primary N) is 1. The van der Waals surface area contributed by atoms with E-state index < -0.39 is 11.7 Å². The van der Waals surface area contributed by atoms with Crippen LogP contribution in [0.5, 0.6) is 11.6 Å². The Labute approximate surface area is 142 Å². The van der Waals surface area contributed by atoms with E-state index in [1.54, 1.807) is 18.3 Å². The Morgan fingerprint density at radius 3 is 2.75 bits per heavy atom. The minimum absolute atomic E-state index is 0.376. The van der Waals surface area contributed by atoms with Gasteiger partial charge in [0.05, 0.1) is 5.69 Å². The molecule has 128 valence electrons. The highest BCUT2D eigenvalue weighted by molar-refractivity contribution is 5.67.